The van der Waals surface area contributed by atoms with E-state index >= 15 is 0 Å². The van der Waals surface area contributed by atoms with Crippen LogP contribution in [0.1, 0.15) is 49.9 Å². The quantitative estimate of drug-likeness (QED) is 0.831. The molecular weight excluding hydrogens is 278 g/mol. The maximum atomic E-state index is 4.62. The van der Waals surface area contributed by atoms with E-state index < -0.39 is 0 Å². The van der Waals surface area contributed by atoms with Crippen molar-refractivity contribution in [3.63, 3.8) is 0 Å². The zero-order chi connectivity index (χ0) is 14.8. The van der Waals surface area contributed by atoms with Gasteiger partial charge in [0.25, 0.3) is 0 Å². The van der Waals surface area contributed by atoms with Gasteiger partial charge in [-0.3, -0.25) is 9.80 Å². The highest BCUT2D eigenvalue weighted by Crippen LogP contribution is 2.28. The third kappa shape index (κ3) is 3.66. The first-order valence-electron chi connectivity index (χ1n) is 8.57. The third-order valence-corrected chi connectivity index (χ3v) is 5.92. The molecule has 0 aliphatic carbocycles. The molecule has 2 atom stereocenters. The first kappa shape index (κ1) is 15.4. The number of aromatic nitrogens is 1. The van der Waals surface area contributed by atoms with Crippen LogP contribution in [0.2, 0.25) is 0 Å². The Morgan fingerprint density at radius 3 is 3.00 bits per heavy atom. The number of fused-ring (bicyclic) bond motifs is 1. The summed E-state index contributed by atoms with van der Waals surface area (Å²) in [5.41, 5.74) is 0. The van der Waals surface area contributed by atoms with Crippen LogP contribution in [-0.2, 0) is 13.0 Å². The van der Waals surface area contributed by atoms with E-state index in [4.69, 9.17) is 0 Å². The first-order valence-corrected chi connectivity index (χ1v) is 9.39. The first-order chi connectivity index (χ1) is 10.2. The summed E-state index contributed by atoms with van der Waals surface area (Å²) < 4.78 is 0. The molecule has 0 aromatic carbocycles. The van der Waals surface area contributed by atoms with E-state index in [1.165, 1.54) is 48.8 Å². The van der Waals surface area contributed by atoms with Gasteiger partial charge in [0.2, 0.25) is 0 Å². The van der Waals surface area contributed by atoms with Crippen molar-refractivity contribution in [1.82, 2.24) is 14.8 Å². The minimum absolute atomic E-state index is 0.703. The van der Waals surface area contributed by atoms with Gasteiger partial charge < -0.3 is 0 Å². The van der Waals surface area contributed by atoms with E-state index in [9.17, 15) is 0 Å². The summed E-state index contributed by atoms with van der Waals surface area (Å²) in [5.74, 6) is 0.703. The fraction of sp³-hybridized carbons (Fsp3) is 0.824. The van der Waals surface area contributed by atoms with E-state index in [0.717, 1.165) is 25.0 Å². The highest BCUT2D eigenvalue weighted by Gasteiger charge is 2.35. The monoisotopic (exact) mass is 307 g/mol. The van der Waals surface area contributed by atoms with E-state index in [2.05, 4.69) is 41.8 Å². The van der Waals surface area contributed by atoms with Crippen LogP contribution < -0.4 is 0 Å². The Morgan fingerprint density at radius 2 is 2.24 bits per heavy atom. The fourth-order valence-corrected chi connectivity index (χ4v) is 4.95. The Kier molecular flexibility index (Phi) is 4.97. The molecule has 0 unspecified atom stereocenters. The SMILES string of the molecule is CC[C@@H]1CN2CCC[C@H]2CN1Cc1cnc(CC(C)C)s1. The summed E-state index contributed by atoms with van der Waals surface area (Å²) in [6.07, 6.45) is 7.30. The van der Waals surface area contributed by atoms with Crippen LogP contribution in [0, 0.1) is 5.92 Å². The van der Waals surface area contributed by atoms with Gasteiger partial charge in [-0.15, -0.1) is 11.3 Å². The number of rotatable bonds is 5. The standard InChI is InChI=1S/C17H29N3S/c1-4-14-10-19-7-5-6-15(19)11-20(14)12-16-9-18-17(21-16)8-13(2)3/h9,13-15H,4-8,10-12H2,1-3H3/t14-,15+/m1/s1. The Labute approximate surface area is 133 Å². The van der Waals surface area contributed by atoms with Crippen molar-refractivity contribution in [2.24, 2.45) is 5.92 Å². The Balaban J connectivity index is 1.63. The lowest BCUT2D eigenvalue weighted by molar-refractivity contribution is 0.0443. The molecule has 1 aromatic heterocycles. The van der Waals surface area contributed by atoms with Crippen molar-refractivity contribution in [2.45, 2.75) is 65.1 Å². The number of nitrogens with zero attached hydrogens (tertiary/aromatic N) is 3. The van der Waals surface area contributed by atoms with Crippen LogP contribution in [0.5, 0.6) is 0 Å². The Hall–Kier alpha value is -0.450. The van der Waals surface area contributed by atoms with Gasteiger partial charge in [0.05, 0.1) is 5.01 Å². The molecule has 0 bridgehead atoms. The maximum absolute atomic E-state index is 4.62. The second kappa shape index (κ2) is 6.76. The van der Waals surface area contributed by atoms with E-state index in [1.807, 2.05) is 11.3 Å². The van der Waals surface area contributed by atoms with Crippen LogP contribution in [-0.4, -0.2) is 46.5 Å². The average molecular weight is 308 g/mol. The van der Waals surface area contributed by atoms with Gasteiger partial charge in [-0.1, -0.05) is 20.8 Å². The largest absolute Gasteiger partial charge is 0.298 e. The molecule has 0 radical (unpaired) electrons. The van der Waals surface area contributed by atoms with Gasteiger partial charge in [-0.2, -0.15) is 0 Å². The van der Waals surface area contributed by atoms with Gasteiger partial charge in [0.15, 0.2) is 0 Å². The molecule has 4 heteroatoms. The summed E-state index contributed by atoms with van der Waals surface area (Å²) in [4.78, 5) is 11.5. The van der Waals surface area contributed by atoms with Crippen molar-refractivity contribution in [3.05, 3.63) is 16.1 Å². The van der Waals surface area contributed by atoms with E-state index in [0.29, 0.717) is 5.92 Å². The summed E-state index contributed by atoms with van der Waals surface area (Å²) >= 11 is 1.93. The van der Waals surface area contributed by atoms with Crippen LogP contribution in [0.25, 0.3) is 0 Å². The molecule has 3 heterocycles. The molecule has 0 spiro atoms. The Bertz CT molecular complexity index is 457. The molecule has 3 nitrogen and oxygen atoms in total. The molecule has 21 heavy (non-hydrogen) atoms. The van der Waals surface area contributed by atoms with Crippen LogP contribution >= 0.6 is 11.3 Å². The Morgan fingerprint density at radius 1 is 1.38 bits per heavy atom. The minimum atomic E-state index is 0.703. The van der Waals surface area contributed by atoms with Crippen LogP contribution in [0.3, 0.4) is 0 Å². The van der Waals surface area contributed by atoms with Crippen molar-refractivity contribution in [3.8, 4) is 0 Å². The molecular formula is C17H29N3S. The van der Waals surface area contributed by atoms with Crippen molar-refractivity contribution in [1.29, 1.82) is 0 Å². The number of piperazine rings is 1. The van der Waals surface area contributed by atoms with Gasteiger partial charge in [0.1, 0.15) is 0 Å². The lowest BCUT2D eigenvalue weighted by Crippen LogP contribution is -2.55. The third-order valence-electron chi connectivity index (χ3n) is 4.92. The van der Waals surface area contributed by atoms with Gasteiger partial charge >= 0.3 is 0 Å². The van der Waals surface area contributed by atoms with Gasteiger partial charge in [-0.05, 0) is 31.7 Å². The molecule has 2 aliphatic rings. The van der Waals surface area contributed by atoms with Crippen LogP contribution in [0.4, 0.5) is 0 Å². The summed E-state index contributed by atoms with van der Waals surface area (Å²) in [6.45, 7) is 11.9. The zero-order valence-electron chi connectivity index (χ0n) is 13.7. The van der Waals surface area contributed by atoms with Crippen molar-refractivity contribution in [2.75, 3.05) is 19.6 Å². The molecule has 2 aliphatic heterocycles. The predicted molar refractivity (Wildman–Crippen MR) is 89.7 cm³/mol. The number of hydrogen-bond donors (Lipinski definition) is 0. The zero-order valence-corrected chi connectivity index (χ0v) is 14.5. The molecule has 0 N–H and O–H groups in total. The summed E-state index contributed by atoms with van der Waals surface area (Å²) in [7, 11) is 0. The van der Waals surface area contributed by atoms with Crippen molar-refractivity contribution >= 4 is 11.3 Å². The van der Waals surface area contributed by atoms with Crippen molar-refractivity contribution < 1.29 is 0 Å². The highest BCUT2D eigenvalue weighted by molar-refractivity contribution is 7.11. The highest BCUT2D eigenvalue weighted by atomic mass is 32.1. The molecule has 3 rings (SSSR count). The minimum Gasteiger partial charge on any atom is -0.298 e. The molecule has 1 aromatic rings. The van der Waals surface area contributed by atoms with Crippen LogP contribution in [0.15, 0.2) is 6.20 Å². The normalized spacial score (nSPS) is 27.4. The van der Waals surface area contributed by atoms with E-state index in [-0.39, 0.29) is 0 Å². The lowest BCUT2D eigenvalue weighted by Gasteiger charge is -2.43. The molecule has 2 saturated heterocycles. The molecule has 0 amide bonds. The summed E-state index contributed by atoms with van der Waals surface area (Å²) in [5, 5.41) is 1.31. The summed E-state index contributed by atoms with van der Waals surface area (Å²) in [6, 6.07) is 1.55. The maximum Gasteiger partial charge on any atom is 0.0930 e. The smallest absolute Gasteiger partial charge is 0.0930 e. The van der Waals surface area contributed by atoms with Gasteiger partial charge in [0, 0.05) is 49.2 Å². The number of hydrogen-bond acceptors (Lipinski definition) is 4. The van der Waals surface area contributed by atoms with Gasteiger partial charge in [-0.25, -0.2) is 4.98 Å². The fourth-order valence-electron chi connectivity index (χ4n) is 3.79. The average Bonchev–Trinajstić information content (AvgIpc) is 3.06. The second-order valence-corrected chi connectivity index (χ2v) is 8.30. The predicted octanol–water partition coefficient (Wildman–Crippen LogP) is 3.40. The second-order valence-electron chi connectivity index (χ2n) is 7.10. The topological polar surface area (TPSA) is 19.4 Å². The lowest BCUT2D eigenvalue weighted by atomic mass is 10.1. The molecule has 118 valence electrons. The number of thiazole rings is 1. The molecule has 0 saturated carbocycles. The van der Waals surface area contributed by atoms with E-state index in [1.54, 1.807) is 0 Å². The molecule has 2 fully saturated rings.